The van der Waals surface area contributed by atoms with E-state index in [2.05, 4.69) is 0 Å². The molecular weight excluding hydrogens is 669 g/mol. The molecule has 2 aliphatic heterocycles. The maximum Gasteiger partial charge on any atom is 0.261 e. The number of fused-ring (bicyclic) bond motifs is 4. The Morgan fingerprint density at radius 2 is 0.667 bits per heavy atom. The maximum absolute atomic E-state index is 14.3. The second kappa shape index (κ2) is 10.8. The third-order valence-corrected chi connectivity index (χ3v) is 12.0. The first-order chi connectivity index (χ1) is 26.3. The summed E-state index contributed by atoms with van der Waals surface area (Å²) in [6.07, 6.45) is 0. The zero-order valence-corrected chi connectivity index (χ0v) is 29.4. The molecule has 0 radical (unpaired) electrons. The van der Waals surface area contributed by atoms with Crippen molar-refractivity contribution in [3.63, 3.8) is 0 Å². The molecule has 2 aliphatic rings. The van der Waals surface area contributed by atoms with Crippen LogP contribution in [-0.4, -0.2) is 33.4 Å². The van der Waals surface area contributed by atoms with Crippen LogP contribution in [0.4, 0.5) is 0 Å². The average molecular weight is 699 g/mol. The number of benzene rings is 9. The second-order valence-corrected chi connectivity index (χ2v) is 14.7. The predicted octanol–water partition coefficient (Wildman–Crippen LogP) is 10.8. The van der Waals surface area contributed by atoms with Gasteiger partial charge in [0, 0.05) is 33.0 Å². The summed E-state index contributed by atoms with van der Waals surface area (Å²) in [4.78, 5) is 60.1. The van der Waals surface area contributed by atoms with Gasteiger partial charge in [-0.15, -0.1) is 0 Å². The van der Waals surface area contributed by atoms with Crippen molar-refractivity contribution in [1.82, 2.24) is 9.80 Å². The number of hydrogen-bond acceptors (Lipinski definition) is 4. The van der Waals surface area contributed by atoms with Crippen LogP contribution >= 0.6 is 0 Å². The van der Waals surface area contributed by atoms with E-state index in [9.17, 15) is 19.2 Å². The molecular formula is C48H30N2O4. The number of hydrogen-bond donors (Lipinski definition) is 0. The van der Waals surface area contributed by atoms with Gasteiger partial charge in [0.05, 0.1) is 12.1 Å². The average Bonchev–Trinajstić information content (AvgIpc) is 3.20. The minimum atomic E-state index is -0.486. The Kier molecular flexibility index (Phi) is 6.14. The highest BCUT2D eigenvalue weighted by Gasteiger charge is 2.40. The summed E-state index contributed by atoms with van der Waals surface area (Å²) >= 11 is 0. The van der Waals surface area contributed by atoms with Crippen molar-refractivity contribution in [3.05, 3.63) is 167 Å². The fourth-order valence-electron chi connectivity index (χ4n) is 9.24. The molecule has 2 unspecified atom stereocenters. The van der Waals surface area contributed by atoms with Crippen molar-refractivity contribution >= 4 is 88.3 Å². The second-order valence-electron chi connectivity index (χ2n) is 14.7. The van der Waals surface area contributed by atoms with E-state index in [0.717, 1.165) is 65.0 Å². The van der Waals surface area contributed by atoms with E-state index < -0.39 is 12.1 Å². The van der Waals surface area contributed by atoms with Gasteiger partial charge in [0.15, 0.2) is 0 Å². The predicted molar refractivity (Wildman–Crippen MR) is 213 cm³/mol. The minimum Gasteiger partial charge on any atom is -0.269 e. The molecule has 2 atom stereocenters. The van der Waals surface area contributed by atoms with Crippen LogP contribution < -0.4 is 0 Å². The summed E-state index contributed by atoms with van der Waals surface area (Å²) in [5.74, 6) is -1.32. The van der Waals surface area contributed by atoms with Crippen molar-refractivity contribution in [1.29, 1.82) is 0 Å². The van der Waals surface area contributed by atoms with E-state index in [-0.39, 0.29) is 23.6 Å². The normalized spacial score (nSPS) is 15.5. The Morgan fingerprint density at radius 3 is 1.00 bits per heavy atom. The lowest BCUT2D eigenvalue weighted by molar-refractivity contribution is 0.0534. The molecule has 6 heteroatoms. The highest BCUT2D eigenvalue weighted by atomic mass is 16.2. The van der Waals surface area contributed by atoms with E-state index in [1.54, 1.807) is 0 Å². The van der Waals surface area contributed by atoms with Gasteiger partial charge in [0.1, 0.15) is 0 Å². The smallest absolute Gasteiger partial charge is 0.261 e. The van der Waals surface area contributed by atoms with Gasteiger partial charge in [-0.2, -0.15) is 0 Å². The van der Waals surface area contributed by atoms with E-state index in [4.69, 9.17) is 0 Å². The van der Waals surface area contributed by atoms with E-state index in [1.165, 1.54) is 9.80 Å². The lowest BCUT2D eigenvalue weighted by Crippen LogP contribution is -2.42. The van der Waals surface area contributed by atoms with Gasteiger partial charge >= 0.3 is 0 Å². The monoisotopic (exact) mass is 698 g/mol. The van der Waals surface area contributed by atoms with Crippen molar-refractivity contribution < 1.29 is 19.2 Å². The zero-order valence-electron chi connectivity index (χ0n) is 29.4. The molecule has 0 saturated heterocycles. The van der Waals surface area contributed by atoms with Crippen LogP contribution in [-0.2, 0) is 0 Å². The molecule has 54 heavy (non-hydrogen) atoms. The molecule has 0 bridgehead atoms. The fourth-order valence-corrected chi connectivity index (χ4v) is 9.24. The van der Waals surface area contributed by atoms with Crippen molar-refractivity contribution in [3.8, 4) is 0 Å². The molecule has 11 rings (SSSR count). The third-order valence-electron chi connectivity index (χ3n) is 12.0. The summed E-state index contributed by atoms with van der Waals surface area (Å²) < 4.78 is 0. The summed E-state index contributed by atoms with van der Waals surface area (Å²) in [7, 11) is 0. The number of carbonyl (C=O) groups is 4. The van der Waals surface area contributed by atoms with Crippen LogP contribution in [0.2, 0.25) is 0 Å². The SMILES string of the molecule is CC(c1ccc2ccccc2c1)N1C(=O)c2ccc3c4ccc5c6c(ccc(c7ccc(c2c37)C1=O)c64)C(=O)N(C(C)c1ccc2ccccc2c1)C5=O. The van der Waals surface area contributed by atoms with Gasteiger partial charge < -0.3 is 0 Å². The van der Waals surface area contributed by atoms with Gasteiger partial charge in [-0.3, -0.25) is 29.0 Å². The highest BCUT2D eigenvalue weighted by molar-refractivity contribution is 6.41. The van der Waals surface area contributed by atoms with Gasteiger partial charge in [0.25, 0.3) is 23.6 Å². The molecule has 0 N–H and O–H groups in total. The molecule has 0 aromatic heterocycles. The van der Waals surface area contributed by atoms with Crippen LogP contribution in [0.25, 0.3) is 64.6 Å². The van der Waals surface area contributed by atoms with Gasteiger partial charge in [-0.25, -0.2) is 0 Å². The topological polar surface area (TPSA) is 74.8 Å². The van der Waals surface area contributed by atoms with Crippen LogP contribution in [0.3, 0.4) is 0 Å². The van der Waals surface area contributed by atoms with Gasteiger partial charge in [-0.1, -0.05) is 97.1 Å². The first kappa shape index (κ1) is 30.7. The van der Waals surface area contributed by atoms with E-state index >= 15 is 0 Å². The Hall–Kier alpha value is -6.92. The van der Waals surface area contributed by atoms with Crippen LogP contribution in [0, 0.1) is 0 Å². The Morgan fingerprint density at radius 1 is 0.352 bits per heavy atom. The molecule has 0 saturated carbocycles. The summed E-state index contributed by atoms with van der Waals surface area (Å²) in [5.41, 5.74) is 3.69. The molecule has 0 fully saturated rings. The van der Waals surface area contributed by atoms with Crippen molar-refractivity contribution in [2.75, 3.05) is 0 Å². The van der Waals surface area contributed by atoms with E-state index in [1.807, 2.05) is 147 Å². The summed E-state index contributed by atoms with van der Waals surface area (Å²) in [6, 6.07) is 42.3. The summed E-state index contributed by atoms with van der Waals surface area (Å²) in [5, 5.41) is 10.7. The molecule has 0 aliphatic carbocycles. The number of nitrogens with zero attached hydrogens (tertiary/aromatic N) is 2. The minimum absolute atomic E-state index is 0.329. The van der Waals surface area contributed by atoms with Crippen LogP contribution in [0.1, 0.15) is 78.5 Å². The molecule has 2 heterocycles. The lowest BCUT2D eigenvalue weighted by Gasteiger charge is -2.34. The first-order valence-corrected chi connectivity index (χ1v) is 18.2. The highest BCUT2D eigenvalue weighted by Crippen LogP contribution is 2.47. The molecule has 9 aromatic rings. The third kappa shape index (κ3) is 3.94. The first-order valence-electron chi connectivity index (χ1n) is 18.2. The largest absolute Gasteiger partial charge is 0.269 e. The summed E-state index contributed by atoms with van der Waals surface area (Å²) in [6.45, 7) is 3.80. The van der Waals surface area contributed by atoms with Crippen molar-refractivity contribution in [2.45, 2.75) is 25.9 Å². The Labute approximate surface area is 309 Å². The van der Waals surface area contributed by atoms with Gasteiger partial charge in [-0.05, 0) is 115 Å². The van der Waals surface area contributed by atoms with Crippen molar-refractivity contribution in [2.24, 2.45) is 0 Å². The molecule has 0 spiro atoms. The quantitative estimate of drug-likeness (QED) is 0.104. The van der Waals surface area contributed by atoms with E-state index in [0.29, 0.717) is 33.0 Å². The number of carbonyl (C=O) groups excluding carboxylic acids is 4. The molecule has 256 valence electrons. The molecule has 6 nitrogen and oxygen atoms in total. The number of imide groups is 2. The number of rotatable bonds is 4. The van der Waals surface area contributed by atoms with Crippen LogP contribution in [0.5, 0.6) is 0 Å². The zero-order chi connectivity index (χ0) is 36.6. The lowest BCUT2D eigenvalue weighted by atomic mass is 9.82. The number of amides is 4. The van der Waals surface area contributed by atoms with Crippen LogP contribution in [0.15, 0.2) is 133 Å². The maximum atomic E-state index is 14.3. The molecule has 4 amide bonds. The van der Waals surface area contributed by atoms with Gasteiger partial charge in [0.2, 0.25) is 0 Å². The Bertz CT molecular complexity index is 2860. The Balaban J connectivity index is 1.05. The standard InChI is InChI=1S/C48H30N2O4/c1-25(29-13-11-27-7-3-5-9-31(27)23-29)49-45(51)37-19-15-33-35-17-21-39-44-40(22-18-36(42(35)44)34-16-20-38(46(49)52)43(37)41(33)34)48(54)50(47(39)53)26(2)30-14-12-28-8-4-6-10-32(28)24-30/h3-26H,1-2H3. The fraction of sp³-hybridized carbons (Fsp3) is 0.0833. The molecule has 9 aromatic carbocycles.